The van der Waals surface area contributed by atoms with Gasteiger partial charge in [-0.05, 0) is 77.8 Å². The van der Waals surface area contributed by atoms with Gasteiger partial charge >= 0.3 is 0 Å². The summed E-state index contributed by atoms with van der Waals surface area (Å²) in [7, 11) is 0. The Morgan fingerprint density at radius 1 is 0.654 bits per heavy atom. The number of rotatable bonds is 5. The topological polar surface area (TPSA) is 42.1 Å². The molecule has 0 spiro atoms. The zero-order valence-corrected chi connectivity index (χ0v) is 16.3. The van der Waals surface area contributed by atoms with E-state index in [0.29, 0.717) is 0 Å². The molecular weight excluding hydrogens is 324 g/mol. The molecule has 0 atom stereocenters. The van der Waals surface area contributed by atoms with Gasteiger partial charge in [0, 0.05) is 11.4 Å². The van der Waals surface area contributed by atoms with Crippen molar-refractivity contribution in [2.75, 3.05) is 26.2 Å². The molecule has 6 heteroatoms. The lowest BCUT2D eigenvalue weighted by atomic mass is 10.1. The first-order valence-electron chi connectivity index (χ1n) is 10.3. The summed E-state index contributed by atoms with van der Waals surface area (Å²) < 4.78 is 4.58. The molecule has 0 unspecified atom stereocenters. The van der Waals surface area contributed by atoms with Crippen LogP contribution in [-0.2, 0) is 13.1 Å². The summed E-state index contributed by atoms with van der Waals surface area (Å²) in [5.41, 5.74) is 2.48. The Morgan fingerprint density at radius 3 is 1.50 bits per heavy atom. The lowest BCUT2D eigenvalue weighted by molar-refractivity contribution is 0.204. The number of aryl methyl sites for hydroxylation is 2. The molecule has 0 N–H and O–H groups in total. The van der Waals surface area contributed by atoms with Crippen LogP contribution in [0, 0.1) is 13.8 Å². The van der Waals surface area contributed by atoms with Crippen LogP contribution in [0.15, 0.2) is 12.1 Å². The van der Waals surface area contributed by atoms with E-state index >= 15 is 0 Å². The van der Waals surface area contributed by atoms with Gasteiger partial charge in [0.15, 0.2) is 11.6 Å². The zero-order chi connectivity index (χ0) is 17.9. The van der Waals surface area contributed by atoms with Gasteiger partial charge in [-0.3, -0.25) is 14.5 Å². The fourth-order valence-electron chi connectivity index (χ4n) is 4.39. The highest BCUT2D eigenvalue weighted by atomic mass is 15.5. The first-order valence-corrected chi connectivity index (χ1v) is 10.3. The van der Waals surface area contributed by atoms with Crippen molar-refractivity contribution in [2.45, 2.75) is 65.5 Å². The molecule has 2 saturated heterocycles. The van der Waals surface area contributed by atoms with E-state index in [1.54, 1.807) is 0 Å². The van der Waals surface area contributed by atoms with E-state index in [2.05, 4.69) is 55.3 Å². The third kappa shape index (κ3) is 3.71. The van der Waals surface area contributed by atoms with Gasteiger partial charge in [0.2, 0.25) is 0 Å². The number of nitrogens with zero attached hydrogens (tertiary/aromatic N) is 6. The molecule has 0 bridgehead atoms. The van der Waals surface area contributed by atoms with E-state index < -0.39 is 0 Å². The van der Waals surface area contributed by atoms with Gasteiger partial charge in [-0.25, -0.2) is 4.68 Å². The van der Waals surface area contributed by atoms with E-state index in [-0.39, 0.29) is 0 Å². The Bertz CT molecular complexity index is 662. The van der Waals surface area contributed by atoms with Crippen molar-refractivity contribution in [1.82, 2.24) is 29.3 Å². The van der Waals surface area contributed by atoms with Gasteiger partial charge in [0.05, 0.1) is 13.1 Å². The molecule has 142 valence electrons. The minimum atomic E-state index is 0.893. The predicted octanol–water partition coefficient (Wildman–Crippen LogP) is 2.98. The highest BCUT2D eigenvalue weighted by molar-refractivity contribution is 5.16. The quantitative estimate of drug-likeness (QED) is 0.826. The van der Waals surface area contributed by atoms with E-state index in [9.17, 15) is 0 Å². The van der Waals surface area contributed by atoms with Crippen LogP contribution in [0.3, 0.4) is 0 Å². The van der Waals surface area contributed by atoms with Crippen LogP contribution in [0.1, 0.15) is 61.6 Å². The molecule has 4 heterocycles. The van der Waals surface area contributed by atoms with Gasteiger partial charge < -0.3 is 0 Å². The average molecular weight is 357 g/mol. The molecule has 0 aliphatic carbocycles. The van der Waals surface area contributed by atoms with Crippen LogP contribution in [0.5, 0.6) is 0 Å². The second-order valence-electron chi connectivity index (χ2n) is 7.95. The fourth-order valence-corrected chi connectivity index (χ4v) is 4.39. The Kier molecular flexibility index (Phi) is 5.41. The van der Waals surface area contributed by atoms with E-state index in [1.165, 1.54) is 76.1 Å². The van der Waals surface area contributed by atoms with Crippen LogP contribution in [0.4, 0.5) is 0 Å². The van der Waals surface area contributed by atoms with Crippen molar-refractivity contribution in [3.05, 3.63) is 35.2 Å². The number of aromatic nitrogens is 4. The monoisotopic (exact) mass is 356 g/mol. The number of likely N-dealkylation sites (tertiary alicyclic amines) is 2. The van der Waals surface area contributed by atoms with Crippen LogP contribution in [0.2, 0.25) is 0 Å². The summed E-state index contributed by atoms with van der Waals surface area (Å²) in [6.45, 7) is 10.8. The summed E-state index contributed by atoms with van der Waals surface area (Å²) in [4.78, 5) is 5.06. The number of piperidine rings is 2. The minimum Gasteiger partial charge on any atom is -0.296 e. The van der Waals surface area contributed by atoms with Crippen LogP contribution >= 0.6 is 0 Å². The maximum Gasteiger partial charge on any atom is 0.167 e. The SMILES string of the molecule is Cc1ccc(C)n1-n1c(CN2CCCCC2)nnc1CN1CCCCC1. The Balaban J connectivity index is 1.64. The fraction of sp³-hybridized carbons (Fsp3) is 0.700. The van der Waals surface area contributed by atoms with Gasteiger partial charge in [-0.2, -0.15) is 0 Å². The zero-order valence-electron chi connectivity index (χ0n) is 16.3. The van der Waals surface area contributed by atoms with Gasteiger partial charge in [0.1, 0.15) is 0 Å². The number of hydrogen-bond donors (Lipinski definition) is 0. The first kappa shape index (κ1) is 17.7. The molecule has 4 rings (SSSR count). The molecule has 2 fully saturated rings. The van der Waals surface area contributed by atoms with Crippen LogP contribution < -0.4 is 0 Å². The summed E-state index contributed by atoms with van der Waals surface area (Å²) >= 11 is 0. The third-order valence-electron chi connectivity index (χ3n) is 5.83. The van der Waals surface area contributed by atoms with Crippen molar-refractivity contribution in [1.29, 1.82) is 0 Å². The third-order valence-corrected chi connectivity index (χ3v) is 5.83. The lowest BCUT2D eigenvalue weighted by Crippen LogP contribution is -2.33. The largest absolute Gasteiger partial charge is 0.296 e. The van der Waals surface area contributed by atoms with E-state index in [4.69, 9.17) is 0 Å². The Labute approximate surface area is 156 Å². The number of hydrogen-bond acceptors (Lipinski definition) is 4. The smallest absolute Gasteiger partial charge is 0.167 e. The standard InChI is InChI=1S/C20H32N6/c1-17-9-10-18(2)25(17)26-19(15-23-11-5-3-6-12-23)21-22-20(26)16-24-13-7-4-8-14-24/h9-10H,3-8,11-16H2,1-2H3. The van der Waals surface area contributed by atoms with Gasteiger partial charge in [-0.15, -0.1) is 10.2 Å². The Hall–Kier alpha value is -1.66. The molecule has 0 radical (unpaired) electrons. The molecule has 2 aromatic heterocycles. The summed E-state index contributed by atoms with van der Waals surface area (Å²) in [6, 6.07) is 4.37. The summed E-state index contributed by atoms with van der Waals surface area (Å²) in [5.74, 6) is 2.14. The van der Waals surface area contributed by atoms with Crippen LogP contribution in [-0.4, -0.2) is 55.5 Å². The minimum absolute atomic E-state index is 0.893. The molecule has 2 aliphatic heterocycles. The lowest BCUT2D eigenvalue weighted by Gasteiger charge is -2.28. The molecule has 6 nitrogen and oxygen atoms in total. The van der Waals surface area contributed by atoms with Crippen molar-refractivity contribution in [3.63, 3.8) is 0 Å². The molecule has 0 amide bonds. The predicted molar refractivity (Wildman–Crippen MR) is 103 cm³/mol. The second kappa shape index (κ2) is 7.92. The Morgan fingerprint density at radius 2 is 1.08 bits per heavy atom. The van der Waals surface area contributed by atoms with Gasteiger partial charge in [-0.1, -0.05) is 12.8 Å². The van der Waals surface area contributed by atoms with Crippen molar-refractivity contribution in [2.24, 2.45) is 0 Å². The highest BCUT2D eigenvalue weighted by Crippen LogP contribution is 2.18. The molecule has 26 heavy (non-hydrogen) atoms. The maximum atomic E-state index is 4.64. The highest BCUT2D eigenvalue weighted by Gasteiger charge is 2.22. The second-order valence-corrected chi connectivity index (χ2v) is 7.95. The van der Waals surface area contributed by atoms with Crippen molar-refractivity contribution < 1.29 is 0 Å². The van der Waals surface area contributed by atoms with E-state index in [1.807, 2.05) is 0 Å². The first-order chi connectivity index (χ1) is 12.7. The van der Waals surface area contributed by atoms with Gasteiger partial charge in [0.25, 0.3) is 0 Å². The molecule has 0 aromatic carbocycles. The molecule has 2 aliphatic rings. The van der Waals surface area contributed by atoms with Crippen LogP contribution in [0.25, 0.3) is 0 Å². The molecule has 0 saturated carbocycles. The normalized spacial score (nSPS) is 19.9. The summed E-state index contributed by atoms with van der Waals surface area (Å²) in [6.07, 6.45) is 7.93. The molecular formula is C20H32N6. The maximum absolute atomic E-state index is 4.64. The molecule has 2 aromatic rings. The average Bonchev–Trinajstić information content (AvgIpc) is 3.19. The summed E-state index contributed by atoms with van der Waals surface area (Å²) in [5, 5.41) is 9.28. The van der Waals surface area contributed by atoms with Crippen molar-refractivity contribution in [3.8, 4) is 0 Å². The van der Waals surface area contributed by atoms with E-state index in [0.717, 1.165) is 24.7 Å². The van der Waals surface area contributed by atoms with Crippen molar-refractivity contribution >= 4 is 0 Å².